The summed E-state index contributed by atoms with van der Waals surface area (Å²) in [6, 6.07) is 14.0. The lowest BCUT2D eigenvalue weighted by molar-refractivity contribution is 0.0970. The van der Waals surface area contributed by atoms with Gasteiger partial charge in [0.1, 0.15) is 4.83 Å². The lowest BCUT2D eigenvalue weighted by Gasteiger charge is -2.10. The monoisotopic (exact) mass is 405 g/mol. The molecule has 0 saturated carbocycles. The summed E-state index contributed by atoms with van der Waals surface area (Å²) in [5, 5.41) is 0.594. The number of fused-ring (bicyclic) bond motifs is 1. The maximum atomic E-state index is 13.0. The largest absolute Gasteiger partial charge is 0.344 e. The molecule has 0 aliphatic carbocycles. The SMILES string of the molecule is CCc1cc2c(=O)n(CC(=O)c3cc(C)n(Cc4ccccc4)c3C)cnc2s1. The zero-order chi connectivity index (χ0) is 20.5. The Morgan fingerprint density at radius 3 is 2.62 bits per heavy atom. The van der Waals surface area contributed by atoms with E-state index in [2.05, 4.69) is 28.6 Å². The Labute approximate surface area is 173 Å². The number of Topliss-reactive ketones (excluding diaryl/α,β-unsaturated/α-hetero) is 1. The predicted octanol–water partition coefficient (Wildman–Crippen LogP) is 4.37. The molecule has 4 aromatic rings. The highest BCUT2D eigenvalue weighted by Crippen LogP contribution is 2.22. The molecule has 3 aromatic heterocycles. The first-order valence-corrected chi connectivity index (χ1v) is 10.5. The molecule has 0 saturated heterocycles. The summed E-state index contributed by atoms with van der Waals surface area (Å²) in [5.74, 6) is -0.0772. The summed E-state index contributed by atoms with van der Waals surface area (Å²) in [7, 11) is 0. The van der Waals surface area contributed by atoms with Gasteiger partial charge in [-0.2, -0.15) is 0 Å². The molecule has 0 unspecified atom stereocenters. The fourth-order valence-electron chi connectivity index (χ4n) is 3.63. The zero-order valence-corrected chi connectivity index (χ0v) is 17.6. The average Bonchev–Trinajstić information content (AvgIpc) is 3.27. The van der Waals surface area contributed by atoms with Crippen LogP contribution in [-0.4, -0.2) is 19.9 Å². The standard InChI is InChI=1S/C23H23N3O2S/c1-4-18-11-20-22(29-18)24-14-25(23(20)28)13-21(27)19-10-15(2)26(16(19)3)12-17-8-6-5-7-9-17/h5-11,14H,4,12-13H2,1-3H3. The first kappa shape index (κ1) is 19.3. The first-order chi connectivity index (χ1) is 14.0. The fraction of sp³-hybridized carbons (Fsp3) is 0.261. The number of benzene rings is 1. The first-order valence-electron chi connectivity index (χ1n) is 9.69. The Bertz CT molecular complexity index is 1250. The molecule has 0 radical (unpaired) electrons. The highest BCUT2D eigenvalue weighted by atomic mass is 32.1. The van der Waals surface area contributed by atoms with E-state index in [-0.39, 0.29) is 17.9 Å². The normalized spacial score (nSPS) is 11.3. The van der Waals surface area contributed by atoms with Gasteiger partial charge >= 0.3 is 0 Å². The van der Waals surface area contributed by atoms with Gasteiger partial charge in [-0.3, -0.25) is 14.2 Å². The molecule has 3 heterocycles. The smallest absolute Gasteiger partial charge is 0.262 e. The molecule has 4 rings (SSSR count). The van der Waals surface area contributed by atoms with Gasteiger partial charge in [0, 0.05) is 28.4 Å². The predicted molar refractivity (Wildman–Crippen MR) is 117 cm³/mol. The van der Waals surface area contributed by atoms with Crippen molar-refractivity contribution >= 4 is 27.3 Å². The van der Waals surface area contributed by atoms with Crippen molar-refractivity contribution in [1.29, 1.82) is 0 Å². The maximum Gasteiger partial charge on any atom is 0.262 e. The van der Waals surface area contributed by atoms with E-state index in [1.807, 2.05) is 44.2 Å². The Balaban J connectivity index is 1.62. The molecule has 0 N–H and O–H groups in total. The lowest BCUT2D eigenvalue weighted by Crippen LogP contribution is -2.24. The van der Waals surface area contributed by atoms with Gasteiger partial charge in [-0.15, -0.1) is 11.3 Å². The molecule has 0 amide bonds. The minimum atomic E-state index is -0.155. The Morgan fingerprint density at radius 1 is 1.14 bits per heavy atom. The number of aryl methyl sites for hydroxylation is 2. The van der Waals surface area contributed by atoms with E-state index < -0.39 is 0 Å². The molecule has 148 valence electrons. The number of hydrogen-bond acceptors (Lipinski definition) is 4. The van der Waals surface area contributed by atoms with Crippen molar-refractivity contribution in [2.45, 2.75) is 40.3 Å². The number of ketones is 1. The summed E-state index contributed by atoms with van der Waals surface area (Å²) in [6.45, 7) is 6.73. The van der Waals surface area contributed by atoms with E-state index in [0.717, 1.165) is 27.5 Å². The Morgan fingerprint density at radius 2 is 1.90 bits per heavy atom. The second-order valence-electron chi connectivity index (χ2n) is 7.24. The highest BCUT2D eigenvalue weighted by Gasteiger charge is 2.18. The van der Waals surface area contributed by atoms with Crippen LogP contribution in [0.1, 0.15) is 39.1 Å². The van der Waals surface area contributed by atoms with Gasteiger partial charge in [0.25, 0.3) is 5.56 Å². The van der Waals surface area contributed by atoms with Crippen LogP contribution in [0.15, 0.2) is 53.6 Å². The number of thiophene rings is 1. The molecule has 29 heavy (non-hydrogen) atoms. The molecule has 6 heteroatoms. The number of hydrogen-bond donors (Lipinski definition) is 0. The second-order valence-corrected chi connectivity index (χ2v) is 8.36. The molecule has 0 aliphatic heterocycles. The minimum absolute atomic E-state index is 0.00525. The average molecular weight is 406 g/mol. The van der Waals surface area contributed by atoms with E-state index in [4.69, 9.17) is 0 Å². The minimum Gasteiger partial charge on any atom is -0.344 e. The maximum absolute atomic E-state index is 13.0. The molecule has 0 bridgehead atoms. The summed E-state index contributed by atoms with van der Waals surface area (Å²) >= 11 is 1.53. The van der Waals surface area contributed by atoms with E-state index in [1.54, 1.807) is 0 Å². The van der Waals surface area contributed by atoms with Crippen molar-refractivity contribution in [2.75, 3.05) is 0 Å². The van der Waals surface area contributed by atoms with E-state index >= 15 is 0 Å². The fourth-order valence-corrected chi connectivity index (χ4v) is 4.55. The van der Waals surface area contributed by atoms with E-state index in [0.29, 0.717) is 17.5 Å². The van der Waals surface area contributed by atoms with Crippen LogP contribution in [0.3, 0.4) is 0 Å². The number of aromatic nitrogens is 3. The quantitative estimate of drug-likeness (QED) is 0.448. The van der Waals surface area contributed by atoms with Crippen LogP contribution >= 0.6 is 11.3 Å². The van der Waals surface area contributed by atoms with Crippen molar-refractivity contribution in [3.63, 3.8) is 0 Å². The summed E-state index contributed by atoms with van der Waals surface area (Å²) < 4.78 is 3.55. The second kappa shape index (κ2) is 7.79. The Kier molecular flexibility index (Phi) is 5.20. The van der Waals surface area contributed by atoms with Gasteiger partial charge in [0.05, 0.1) is 18.3 Å². The molecule has 0 spiro atoms. The molecule has 1 aromatic carbocycles. The number of carbonyl (C=O) groups is 1. The van der Waals surface area contributed by atoms with Crippen molar-refractivity contribution in [1.82, 2.24) is 14.1 Å². The third kappa shape index (κ3) is 3.68. The van der Waals surface area contributed by atoms with Gasteiger partial charge in [0.15, 0.2) is 5.78 Å². The van der Waals surface area contributed by atoms with Crippen LogP contribution in [0.5, 0.6) is 0 Å². The van der Waals surface area contributed by atoms with Crippen LogP contribution in [0.4, 0.5) is 0 Å². The molecule has 0 atom stereocenters. The van der Waals surface area contributed by atoms with Gasteiger partial charge in [-0.05, 0) is 38.0 Å². The Hall–Kier alpha value is -2.99. The molecule has 0 fully saturated rings. The lowest BCUT2D eigenvalue weighted by atomic mass is 10.1. The third-order valence-corrected chi connectivity index (χ3v) is 6.48. The molecular formula is C23H23N3O2S. The topological polar surface area (TPSA) is 56.9 Å². The number of nitrogens with zero attached hydrogens (tertiary/aromatic N) is 3. The van der Waals surface area contributed by atoms with Crippen molar-refractivity contribution < 1.29 is 4.79 Å². The molecular weight excluding hydrogens is 382 g/mol. The van der Waals surface area contributed by atoms with E-state index in [1.165, 1.54) is 27.8 Å². The zero-order valence-electron chi connectivity index (χ0n) is 16.8. The van der Waals surface area contributed by atoms with Crippen molar-refractivity contribution in [3.8, 4) is 0 Å². The van der Waals surface area contributed by atoms with Crippen LogP contribution in [-0.2, 0) is 19.5 Å². The van der Waals surface area contributed by atoms with Crippen molar-refractivity contribution in [3.05, 3.63) is 86.5 Å². The van der Waals surface area contributed by atoms with E-state index in [9.17, 15) is 9.59 Å². The van der Waals surface area contributed by atoms with Crippen LogP contribution in [0.2, 0.25) is 0 Å². The van der Waals surface area contributed by atoms with Crippen LogP contribution in [0, 0.1) is 13.8 Å². The molecule has 5 nitrogen and oxygen atoms in total. The molecule has 0 aliphatic rings. The number of rotatable bonds is 6. The van der Waals surface area contributed by atoms with Gasteiger partial charge in [-0.1, -0.05) is 37.3 Å². The third-order valence-electron chi connectivity index (χ3n) is 5.29. The van der Waals surface area contributed by atoms with Gasteiger partial charge in [0.2, 0.25) is 0 Å². The van der Waals surface area contributed by atoms with Crippen LogP contribution < -0.4 is 5.56 Å². The van der Waals surface area contributed by atoms with Gasteiger partial charge < -0.3 is 4.57 Å². The summed E-state index contributed by atoms with van der Waals surface area (Å²) in [6.07, 6.45) is 2.36. The summed E-state index contributed by atoms with van der Waals surface area (Å²) in [5.41, 5.74) is 3.63. The van der Waals surface area contributed by atoms with Crippen LogP contribution in [0.25, 0.3) is 10.2 Å². The van der Waals surface area contributed by atoms with Crippen molar-refractivity contribution in [2.24, 2.45) is 0 Å². The van der Waals surface area contributed by atoms with Gasteiger partial charge in [-0.25, -0.2) is 4.98 Å². The summed E-state index contributed by atoms with van der Waals surface area (Å²) in [4.78, 5) is 32.0. The number of carbonyl (C=O) groups excluding carboxylic acids is 1. The highest BCUT2D eigenvalue weighted by molar-refractivity contribution is 7.18.